The van der Waals surface area contributed by atoms with Crippen molar-refractivity contribution in [2.75, 3.05) is 18.1 Å². The first kappa shape index (κ1) is 18.6. The van der Waals surface area contributed by atoms with Crippen LogP contribution in [0.3, 0.4) is 0 Å². The number of carbonyl (C=O) groups is 3. The predicted molar refractivity (Wildman–Crippen MR) is 109 cm³/mol. The predicted octanol–water partition coefficient (Wildman–Crippen LogP) is 2.34. The normalized spacial score (nSPS) is 22.5. The van der Waals surface area contributed by atoms with Crippen molar-refractivity contribution in [1.29, 1.82) is 0 Å². The maximum absolute atomic E-state index is 14.1. The molecule has 3 aliphatic rings. The number of esters is 1. The summed E-state index contributed by atoms with van der Waals surface area (Å²) in [6.07, 6.45) is 1.77. The lowest BCUT2D eigenvalue weighted by atomic mass is 9.84. The number of rotatable bonds is 4. The number of ether oxygens (including phenoxy) is 1. The molecule has 3 heterocycles. The number of benzene rings is 2. The second-order valence-corrected chi connectivity index (χ2v) is 7.48. The average Bonchev–Trinajstić information content (AvgIpc) is 3.37. The zero-order chi connectivity index (χ0) is 20.9. The molecule has 2 aromatic rings. The lowest BCUT2D eigenvalue weighted by molar-refractivity contribution is -0.147. The zero-order valence-electron chi connectivity index (χ0n) is 16.6. The summed E-state index contributed by atoms with van der Waals surface area (Å²) >= 11 is 0. The van der Waals surface area contributed by atoms with E-state index < -0.39 is 11.5 Å². The van der Waals surface area contributed by atoms with Crippen LogP contribution >= 0.6 is 0 Å². The highest BCUT2D eigenvalue weighted by atomic mass is 16.5. The van der Waals surface area contributed by atoms with Crippen LogP contribution in [0.15, 0.2) is 66.4 Å². The maximum atomic E-state index is 14.1. The second kappa shape index (κ2) is 6.81. The monoisotopic (exact) mass is 403 g/mol. The van der Waals surface area contributed by atoms with Gasteiger partial charge in [0.25, 0.3) is 5.91 Å². The van der Waals surface area contributed by atoms with E-state index in [4.69, 9.17) is 4.74 Å². The molecular formula is C23H21N3O4. The Morgan fingerprint density at radius 1 is 1.07 bits per heavy atom. The van der Waals surface area contributed by atoms with Gasteiger partial charge in [-0.1, -0.05) is 48.5 Å². The topological polar surface area (TPSA) is 70.2 Å². The van der Waals surface area contributed by atoms with Crippen molar-refractivity contribution in [2.45, 2.75) is 25.4 Å². The van der Waals surface area contributed by atoms with Crippen molar-refractivity contribution in [2.24, 2.45) is 0 Å². The summed E-state index contributed by atoms with van der Waals surface area (Å²) in [5, 5.41) is 3.13. The molecule has 1 saturated heterocycles. The molecule has 1 fully saturated rings. The largest absolute Gasteiger partial charge is 0.463 e. The van der Waals surface area contributed by atoms with Gasteiger partial charge < -0.3 is 9.64 Å². The van der Waals surface area contributed by atoms with Crippen molar-refractivity contribution in [3.8, 4) is 0 Å². The minimum atomic E-state index is -1.39. The van der Waals surface area contributed by atoms with Gasteiger partial charge in [-0.05, 0) is 18.6 Å². The van der Waals surface area contributed by atoms with E-state index in [1.54, 1.807) is 16.8 Å². The molecule has 7 heteroatoms. The quantitative estimate of drug-likeness (QED) is 0.733. The van der Waals surface area contributed by atoms with Gasteiger partial charge in [0, 0.05) is 24.7 Å². The number of fused-ring (bicyclic) bond motifs is 4. The van der Waals surface area contributed by atoms with Crippen LogP contribution in [0.4, 0.5) is 5.69 Å². The van der Waals surface area contributed by atoms with Gasteiger partial charge in [0.05, 0.1) is 24.4 Å². The molecular weight excluding hydrogens is 382 g/mol. The van der Waals surface area contributed by atoms with Gasteiger partial charge in [-0.15, -0.1) is 0 Å². The Bertz CT molecular complexity index is 1080. The molecule has 0 bridgehead atoms. The maximum Gasteiger partial charge on any atom is 0.338 e. The summed E-state index contributed by atoms with van der Waals surface area (Å²) in [5.41, 5.74) is 1.21. The Morgan fingerprint density at radius 3 is 2.57 bits per heavy atom. The summed E-state index contributed by atoms with van der Waals surface area (Å²) in [7, 11) is 0. The van der Waals surface area contributed by atoms with Crippen LogP contribution in [0.5, 0.6) is 0 Å². The minimum Gasteiger partial charge on any atom is -0.463 e. The van der Waals surface area contributed by atoms with Gasteiger partial charge in [0.15, 0.2) is 5.54 Å². The van der Waals surface area contributed by atoms with Crippen molar-refractivity contribution in [3.05, 3.63) is 77.5 Å². The molecule has 1 atom stereocenters. The third kappa shape index (κ3) is 2.39. The second-order valence-electron chi connectivity index (χ2n) is 7.48. The van der Waals surface area contributed by atoms with E-state index in [1.165, 1.54) is 11.2 Å². The molecule has 0 saturated carbocycles. The van der Waals surface area contributed by atoms with Crippen molar-refractivity contribution in [3.63, 3.8) is 0 Å². The van der Waals surface area contributed by atoms with Crippen LogP contribution in [0.1, 0.15) is 24.5 Å². The fourth-order valence-corrected chi connectivity index (χ4v) is 4.66. The first-order chi connectivity index (χ1) is 14.6. The molecule has 152 valence electrons. The zero-order valence-corrected chi connectivity index (χ0v) is 16.6. The highest BCUT2D eigenvalue weighted by Crippen LogP contribution is 2.53. The number of carbonyl (C=O) groups excluding carboxylic acids is 3. The Labute approximate surface area is 174 Å². The standard InChI is InChI=1S/C23H21N3O4/c1-2-30-21(28)18-15-25-20(27)12-13-26(25)23(18)17-10-6-7-11-19(17)24(22(23)29)14-16-8-4-3-5-9-16/h3-11,15H,2,12-14H2,1H3. The van der Waals surface area contributed by atoms with E-state index >= 15 is 0 Å². The number of para-hydroxylation sites is 1. The van der Waals surface area contributed by atoms with Gasteiger partial charge in [-0.2, -0.15) is 5.01 Å². The summed E-state index contributed by atoms with van der Waals surface area (Å²) in [6.45, 7) is 2.64. The third-order valence-corrected chi connectivity index (χ3v) is 5.90. The lowest BCUT2D eigenvalue weighted by Gasteiger charge is -2.35. The molecule has 3 aliphatic heterocycles. The molecule has 0 aliphatic carbocycles. The van der Waals surface area contributed by atoms with E-state index in [0.717, 1.165) is 11.3 Å². The first-order valence-corrected chi connectivity index (χ1v) is 10.0. The molecule has 30 heavy (non-hydrogen) atoms. The molecule has 0 aromatic heterocycles. The fraction of sp³-hybridized carbons (Fsp3) is 0.261. The van der Waals surface area contributed by atoms with Crippen LogP contribution in [-0.4, -0.2) is 41.0 Å². The van der Waals surface area contributed by atoms with Gasteiger partial charge in [0.1, 0.15) is 0 Å². The van der Waals surface area contributed by atoms with Crippen LogP contribution < -0.4 is 4.90 Å². The lowest BCUT2D eigenvalue weighted by Crippen LogP contribution is -2.54. The van der Waals surface area contributed by atoms with Crippen molar-refractivity contribution < 1.29 is 19.1 Å². The molecule has 1 spiro atoms. The molecule has 0 N–H and O–H groups in total. The van der Waals surface area contributed by atoms with E-state index in [-0.39, 0.29) is 24.0 Å². The highest BCUT2D eigenvalue weighted by Gasteiger charge is 2.65. The number of hydrogen-bond donors (Lipinski definition) is 0. The number of amides is 2. The van der Waals surface area contributed by atoms with Crippen LogP contribution in [0.25, 0.3) is 0 Å². The number of hydrazine groups is 1. The van der Waals surface area contributed by atoms with Crippen LogP contribution in [0, 0.1) is 0 Å². The third-order valence-electron chi connectivity index (χ3n) is 5.90. The summed E-state index contributed by atoms with van der Waals surface area (Å²) in [5.74, 6) is -0.964. The van der Waals surface area contributed by atoms with Crippen molar-refractivity contribution in [1.82, 2.24) is 10.0 Å². The summed E-state index contributed by atoms with van der Waals surface area (Å²) in [4.78, 5) is 41.2. The summed E-state index contributed by atoms with van der Waals surface area (Å²) < 4.78 is 5.29. The minimum absolute atomic E-state index is 0.138. The molecule has 0 radical (unpaired) electrons. The summed E-state index contributed by atoms with van der Waals surface area (Å²) in [6, 6.07) is 17.2. The number of nitrogens with zero attached hydrogens (tertiary/aromatic N) is 3. The molecule has 5 rings (SSSR count). The average molecular weight is 403 g/mol. The van der Waals surface area contributed by atoms with Gasteiger partial charge in [0.2, 0.25) is 5.91 Å². The van der Waals surface area contributed by atoms with Gasteiger partial charge in [-0.3, -0.25) is 9.59 Å². The Morgan fingerprint density at radius 2 is 1.80 bits per heavy atom. The number of hydrogen-bond acceptors (Lipinski definition) is 5. The van der Waals surface area contributed by atoms with Crippen molar-refractivity contribution >= 4 is 23.5 Å². The number of anilines is 1. The van der Waals surface area contributed by atoms with Gasteiger partial charge >= 0.3 is 5.97 Å². The van der Waals surface area contributed by atoms with E-state index in [1.807, 2.05) is 54.6 Å². The van der Waals surface area contributed by atoms with E-state index in [9.17, 15) is 14.4 Å². The molecule has 2 amide bonds. The SMILES string of the molecule is CCOC(=O)C1=CN2C(=O)CCN2C12C(=O)N(Cc1ccccc1)c1ccccc12. The first-order valence-electron chi connectivity index (χ1n) is 10.0. The molecule has 2 aromatic carbocycles. The Kier molecular flexibility index (Phi) is 4.22. The highest BCUT2D eigenvalue weighted by molar-refractivity contribution is 6.16. The van der Waals surface area contributed by atoms with Crippen LogP contribution in [-0.2, 0) is 31.2 Å². The van der Waals surface area contributed by atoms with E-state index in [0.29, 0.717) is 25.1 Å². The van der Waals surface area contributed by atoms with Gasteiger partial charge in [-0.25, -0.2) is 9.80 Å². The van der Waals surface area contributed by atoms with Crippen LogP contribution in [0.2, 0.25) is 0 Å². The smallest absolute Gasteiger partial charge is 0.338 e. The Hall–Kier alpha value is -3.45. The molecule has 7 nitrogen and oxygen atoms in total. The fourth-order valence-electron chi connectivity index (χ4n) is 4.66. The van der Waals surface area contributed by atoms with E-state index in [2.05, 4.69) is 0 Å². The molecule has 1 unspecified atom stereocenters. The Balaban J connectivity index is 1.68.